The summed E-state index contributed by atoms with van der Waals surface area (Å²) in [7, 11) is -5.45. The first-order chi connectivity index (χ1) is 11.9. The van der Waals surface area contributed by atoms with Gasteiger partial charge in [-0.05, 0) is 36.7 Å². The zero-order valence-electron chi connectivity index (χ0n) is 16.5. The zero-order chi connectivity index (χ0) is 19.3. The van der Waals surface area contributed by atoms with E-state index in [4.69, 9.17) is 9.16 Å². The molecule has 0 aromatic heterocycles. The number of epoxide rings is 1. The lowest BCUT2D eigenvalue weighted by molar-refractivity contribution is 0.109. The van der Waals surface area contributed by atoms with Gasteiger partial charge < -0.3 is 9.16 Å². The van der Waals surface area contributed by atoms with E-state index in [-0.39, 0.29) is 29.3 Å². The van der Waals surface area contributed by atoms with Crippen LogP contribution in [0.1, 0.15) is 34.1 Å². The average molecular weight is 395 g/mol. The molecule has 3 rings (SSSR count). The van der Waals surface area contributed by atoms with Crippen molar-refractivity contribution in [1.82, 2.24) is 0 Å². The Morgan fingerprint density at radius 3 is 2.35 bits per heavy atom. The summed E-state index contributed by atoms with van der Waals surface area (Å²) in [6.45, 7) is 13.3. The third-order valence-electron chi connectivity index (χ3n) is 6.08. The van der Waals surface area contributed by atoms with Crippen LogP contribution in [0.25, 0.3) is 0 Å². The summed E-state index contributed by atoms with van der Waals surface area (Å²) in [6.07, 6.45) is 2.05. The van der Waals surface area contributed by atoms with Crippen molar-refractivity contribution < 1.29 is 17.6 Å². The maximum atomic E-state index is 13.1. The Kier molecular flexibility index (Phi) is 5.01. The Balaban J connectivity index is 1.88. The van der Waals surface area contributed by atoms with E-state index in [0.717, 1.165) is 0 Å². The van der Waals surface area contributed by atoms with Gasteiger partial charge in [0.15, 0.2) is 8.32 Å². The van der Waals surface area contributed by atoms with Crippen molar-refractivity contribution in [2.75, 3.05) is 0 Å². The largest absolute Gasteiger partial charge is 0.413 e. The molecule has 4 nitrogen and oxygen atoms in total. The van der Waals surface area contributed by atoms with E-state index in [0.29, 0.717) is 16.2 Å². The molecule has 1 aliphatic carbocycles. The third-order valence-corrected chi connectivity index (χ3v) is 12.5. The van der Waals surface area contributed by atoms with Gasteiger partial charge in [-0.2, -0.15) is 0 Å². The molecule has 2 aliphatic rings. The lowest BCUT2D eigenvalue weighted by Gasteiger charge is -2.40. The van der Waals surface area contributed by atoms with E-state index in [1.54, 1.807) is 24.3 Å². The Hall–Kier alpha value is -0.953. The molecule has 0 N–H and O–H groups in total. The van der Waals surface area contributed by atoms with Gasteiger partial charge in [0.1, 0.15) is 6.10 Å². The summed E-state index contributed by atoms with van der Waals surface area (Å²) in [5.74, 6) is 0.175. The molecule has 1 heterocycles. The summed E-state index contributed by atoms with van der Waals surface area (Å²) in [5.41, 5.74) is 0. The van der Waals surface area contributed by atoms with Crippen molar-refractivity contribution in [2.24, 2.45) is 5.92 Å². The lowest BCUT2D eigenvalue weighted by Crippen LogP contribution is -2.46. The number of fused-ring (bicyclic) bond motifs is 1. The molecule has 6 heteroatoms. The number of rotatable bonds is 4. The van der Waals surface area contributed by atoms with Gasteiger partial charge in [0.25, 0.3) is 0 Å². The van der Waals surface area contributed by atoms with E-state index in [9.17, 15) is 8.42 Å². The Morgan fingerprint density at radius 2 is 1.77 bits per heavy atom. The van der Waals surface area contributed by atoms with Crippen molar-refractivity contribution in [3.63, 3.8) is 0 Å². The Labute approximate surface area is 158 Å². The minimum Gasteiger partial charge on any atom is -0.413 e. The van der Waals surface area contributed by atoms with Crippen LogP contribution in [0.3, 0.4) is 0 Å². The smallest absolute Gasteiger partial charge is 0.205 e. The summed E-state index contributed by atoms with van der Waals surface area (Å²) in [6, 6.07) is 8.61. The molecule has 1 aromatic rings. The molecule has 0 bridgehead atoms. The first kappa shape index (κ1) is 19.8. The second-order valence-corrected chi connectivity index (χ2v) is 15.7. The van der Waals surface area contributed by atoms with Crippen molar-refractivity contribution in [3.05, 3.63) is 41.3 Å². The fourth-order valence-corrected chi connectivity index (χ4v) is 6.26. The minimum atomic E-state index is -3.52. The second kappa shape index (κ2) is 6.58. The van der Waals surface area contributed by atoms with Crippen LogP contribution in [0.5, 0.6) is 0 Å². The number of ether oxygens (including phenoxy) is 1. The molecule has 0 amide bonds. The van der Waals surface area contributed by atoms with Crippen molar-refractivity contribution in [2.45, 2.75) is 75.5 Å². The van der Waals surface area contributed by atoms with Gasteiger partial charge in [-0.25, -0.2) is 8.42 Å². The van der Waals surface area contributed by atoms with Crippen LogP contribution in [0, 0.1) is 5.92 Å². The van der Waals surface area contributed by atoms with Gasteiger partial charge in [0.05, 0.1) is 22.0 Å². The number of hydrogen-bond donors (Lipinski definition) is 0. The Bertz CT molecular complexity index is 793. The van der Waals surface area contributed by atoms with Gasteiger partial charge in [0.2, 0.25) is 9.84 Å². The third kappa shape index (κ3) is 3.57. The lowest BCUT2D eigenvalue weighted by atomic mass is 9.99. The summed E-state index contributed by atoms with van der Waals surface area (Å²) in [5, 5.41) is 0.117. The molecule has 1 fully saturated rings. The predicted octanol–water partition coefficient (Wildman–Crippen LogP) is 4.54. The number of benzene rings is 1. The molecule has 26 heavy (non-hydrogen) atoms. The van der Waals surface area contributed by atoms with Crippen molar-refractivity contribution in [1.29, 1.82) is 0 Å². The Morgan fingerprint density at radius 1 is 1.15 bits per heavy atom. The van der Waals surface area contributed by atoms with Crippen LogP contribution in [0.2, 0.25) is 18.1 Å². The topological polar surface area (TPSA) is 55.9 Å². The standard InChI is InChI=1S/C20H30O4SSi/c1-14-16(24-26(5,6)20(2,3)4)12-13-17(19-18(14)23-19)25(21,22)15-10-8-7-9-11-15/h7-11,13-14,16,18-19H,12H2,1-6H3/t14-,16-,18-,19+/m1/s1. The summed E-state index contributed by atoms with van der Waals surface area (Å²) in [4.78, 5) is 0.735. The van der Waals surface area contributed by atoms with Crippen LogP contribution in [-0.2, 0) is 19.0 Å². The van der Waals surface area contributed by atoms with Crippen LogP contribution < -0.4 is 0 Å². The average Bonchev–Trinajstić information content (AvgIpc) is 3.33. The fraction of sp³-hybridized carbons (Fsp3) is 0.600. The second-order valence-electron chi connectivity index (χ2n) is 8.96. The molecule has 0 unspecified atom stereocenters. The molecule has 4 atom stereocenters. The highest BCUT2D eigenvalue weighted by Crippen LogP contribution is 2.46. The zero-order valence-corrected chi connectivity index (χ0v) is 18.3. The number of sulfone groups is 1. The van der Waals surface area contributed by atoms with Gasteiger partial charge in [-0.15, -0.1) is 0 Å². The van der Waals surface area contributed by atoms with Gasteiger partial charge in [-0.1, -0.05) is 52.0 Å². The van der Waals surface area contributed by atoms with E-state index >= 15 is 0 Å². The summed E-state index contributed by atoms with van der Waals surface area (Å²) < 4.78 is 38.5. The molecular weight excluding hydrogens is 364 g/mol. The number of hydrogen-bond acceptors (Lipinski definition) is 4. The van der Waals surface area contributed by atoms with E-state index < -0.39 is 18.2 Å². The fourth-order valence-electron chi connectivity index (χ4n) is 3.24. The van der Waals surface area contributed by atoms with Gasteiger partial charge >= 0.3 is 0 Å². The monoisotopic (exact) mass is 394 g/mol. The molecule has 0 saturated carbocycles. The molecule has 144 valence electrons. The maximum Gasteiger partial charge on any atom is 0.205 e. The molecule has 1 aliphatic heterocycles. The van der Waals surface area contributed by atoms with Gasteiger partial charge in [0, 0.05) is 5.92 Å². The van der Waals surface area contributed by atoms with E-state index in [1.165, 1.54) is 0 Å². The SMILES string of the molecule is C[C@H]1[C@H]2O[C@H]2C(S(=O)(=O)c2ccccc2)=CC[C@H]1O[Si](C)(C)C(C)(C)C. The molecule has 1 saturated heterocycles. The highest BCUT2D eigenvalue weighted by atomic mass is 32.2. The van der Waals surface area contributed by atoms with E-state index in [1.807, 2.05) is 12.1 Å². The maximum absolute atomic E-state index is 13.1. The highest BCUT2D eigenvalue weighted by Gasteiger charge is 2.54. The first-order valence-corrected chi connectivity index (χ1v) is 13.7. The van der Waals surface area contributed by atoms with Crippen molar-refractivity contribution in [3.8, 4) is 0 Å². The highest BCUT2D eigenvalue weighted by molar-refractivity contribution is 7.95. The van der Waals surface area contributed by atoms with Crippen LogP contribution in [0.15, 0.2) is 46.2 Å². The minimum absolute atomic E-state index is 0.00522. The van der Waals surface area contributed by atoms with E-state index in [2.05, 4.69) is 40.8 Å². The predicted molar refractivity (Wildman–Crippen MR) is 106 cm³/mol. The molecule has 0 radical (unpaired) electrons. The van der Waals surface area contributed by atoms with Crippen molar-refractivity contribution >= 4 is 18.2 Å². The first-order valence-electron chi connectivity index (χ1n) is 9.28. The van der Waals surface area contributed by atoms with Gasteiger partial charge in [-0.3, -0.25) is 0 Å². The van der Waals surface area contributed by atoms with Crippen LogP contribution in [-0.4, -0.2) is 35.0 Å². The summed E-state index contributed by atoms with van der Waals surface area (Å²) >= 11 is 0. The van der Waals surface area contributed by atoms with Crippen LogP contribution >= 0.6 is 0 Å². The normalized spacial score (nSPS) is 29.5. The molecule has 0 spiro atoms. The molecular formula is C20H30O4SSi. The quantitative estimate of drug-likeness (QED) is 0.556. The molecule has 1 aromatic carbocycles. The van der Waals surface area contributed by atoms with Crippen LogP contribution in [0.4, 0.5) is 0 Å².